The van der Waals surface area contributed by atoms with Gasteiger partial charge in [0.15, 0.2) is 5.82 Å². The smallest absolute Gasteiger partial charge is 0.155 e. The summed E-state index contributed by atoms with van der Waals surface area (Å²) in [7, 11) is 0. The third-order valence-electron chi connectivity index (χ3n) is 6.69. The average Bonchev–Trinajstić information content (AvgIpc) is 3.29. The van der Waals surface area contributed by atoms with E-state index in [4.69, 9.17) is 16.6 Å². The number of aliphatic imine (C=N–C) groups is 1. The highest BCUT2D eigenvalue weighted by atomic mass is 35.5. The van der Waals surface area contributed by atoms with Crippen LogP contribution < -0.4 is 5.32 Å². The highest BCUT2D eigenvalue weighted by molar-refractivity contribution is 6.34. The van der Waals surface area contributed by atoms with Crippen LogP contribution in [0.3, 0.4) is 0 Å². The topological polar surface area (TPSA) is 53.4 Å². The first-order chi connectivity index (χ1) is 17.1. The lowest BCUT2D eigenvalue weighted by atomic mass is 10.00. The molecule has 6 heteroatoms. The third kappa shape index (κ3) is 4.57. The molecule has 0 aliphatic carbocycles. The van der Waals surface area contributed by atoms with Crippen LogP contribution in [0.2, 0.25) is 5.02 Å². The van der Waals surface area contributed by atoms with Crippen molar-refractivity contribution < 1.29 is 0 Å². The Labute approximate surface area is 210 Å². The lowest BCUT2D eigenvalue weighted by Gasteiger charge is -2.29. The Morgan fingerprint density at radius 1 is 1.00 bits per heavy atom. The molecule has 6 rings (SSSR count). The van der Waals surface area contributed by atoms with E-state index in [0.29, 0.717) is 5.02 Å². The van der Waals surface area contributed by atoms with Gasteiger partial charge in [-0.25, -0.2) is 15.0 Å². The molecule has 2 aromatic carbocycles. The molecular formula is C29H26ClN5. The Kier molecular flexibility index (Phi) is 5.80. The number of fused-ring (bicyclic) bond motifs is 2. The zero-order valence-corrected chi connectivity index (χ0v) is 20.4. The molecule has 4 aromatic rings. The lowest BCUT2D eigenvalue weighted by molar-refractivity contribution is 0.245. The highest BCUT2D eigenvalue weighted by Gasteiger charge is 2.22. The Morgan fingerprint density at radius 3 is 2.77 bits per heavy atom. The molecule has 0 spiro atoms. The molecule has 2 aliphatic rings. The van der Waals surface area contributed by atoms with Gasteiger partial charge in [-0.15, -0.1) is 0 Å². The van der Waals surface area contributed by atoms with E-state index in [2.05, 4.69) is 75.6 Å². The standard InChI is InChI=1S/C29H26ClN5/c1-19-13-22-14-27(34-28(22)32-16-19)25-15-23(7-8-26(25)30)33-29-24-10-12-35(18-21(24)9-11-31-29)17-20-5-3-2-4-6-20/h2-9,11,13,15-16H,10,12,14,17-18H2,1H3,(H,31,33). The van der Waals surface area contributed by atoms with Gasteiger partial charge in [-0.05, 0) is 54.3 Å². The molecule has 4 heterocycles. The van der Waals surface area contributed by atoms with Crippen molar-refractivity contribution in [2.24, 2.45) is 4.99 Å². The number of pyridine rings is 2. The summed E-state index contributed by atoms with van der Waals surface area (Å²) in [6.07, 6.45) is 5.46. The van der Waals surface area contributed by atoms with E-state index in [-0.39, 0.29) is 0 Å². The Morgan fingerprint density at radius 2 is 1.89 bits per heavy atom. The Hall–Kier alpha value is -3.54. The van der Waals surface area contributed by atoms with Crippen LogP contribution in [-0.2, 0) is 25.9 Å². The predicted octanol–water partition coefficient (Wildman–Crippen LogP) is 6.42. The van der Waals surface area contributed by atoms with Crippen LogP contribution in [0.15, 0.2) is 78.0 Å². The summed E-state index contributed by atoms with van der Waals surface area (Å²) in [6, 6.07) is 21.0. The number of halogens is 1. The van der Waals surface area contributed by atoms with Gasteiger partial charge in [0.1, 0.15) is 5.82 Å². The first kappa shape index (κ1) is 22.0. The van der Waals surface area contributed by atoms with Gasteiger partial charge in [-0.1, -0.05) is 48.0 Å². The monoisotopic (exact) mass is 479 g/mol. The molecule has 2 aliphatic heterocycles. The SMILES string of the molecule is Cc1cnc2c(c1)CC(c1cc(Nc3nccc4c3CCN(Cc3ccccc3)C4)ccc1Cl)=N2. The molecule has 174 valence electrons. The molecule has 35 heavy (non-hydrogen) atoms. The van der Waals surface area contributed by atoms with Gasteiger partial charge in [0.25, 0.3) is 0 Å². The largest absolute Gasteiger partial charge is 0.340 e. The first-order valence-electron chi connectivity index (χ1n) is 12.0. The second-order valence-electron chi connectivity index (χ2n) is 9.29. The summed E-state index contributed by atoms with van der Waals surface area (Å²) >= 11 is 6.60. The van der Waals surface area contributed by atoms with Crippen LogP contribution in [0, 0.1) is 6.92 Å². The van der Waals surface area contributed by atoms with E-state index in [1.807, 2.05) is 24.5 Å². The summed E-state index contributed by atoms with van der Waals surface area (Å²) in [6.45, 7) is 4.95. The second-order valence-corrected chi connectivity index (χ2v) is 9.70. The zero-order valence-electron chi connectivity index (χ0n) is 19.6. The van der Waals surface area contributed by atoms with Crippen LogP contribution in [0.5, 0.6) is 0 Å². The average molecular weight is 480 g/mol. The third-order valence-corrected chi connectivity index (χ3v) is 7.02. The molecule has 0 amide bonds. The summed E-state index contributed by atoms with van der Waals surface area (Å²) in [5, 5.41) is 4.25. The number of anilines is 2. The van der Waals surface area contributed by atoms with E-state index in [9.17, 15) is 0 Å². The van der Waals surface area contributed by atoms with Crippen molar-refractivity contribution in [2.45, 2.75) is 32.9 Å². The van der Waals surface area contributed by atoms with Crippen molar-refractivity contribution >= 4 is 34.6 Å². The lowest BCUT2D eigenvalue weighted by Crippen LogP contribution is -2.30. The second kappa shape index (κ2) is 9.25. The fourth-order valence-corrected chi connectivity index (χ4v) is 5.18. The maximum atomic E-state index is 6.60. The number of aryl methyl sites for hydroxylation is 1. The number of aromatic nitrogens is 2. The molecule has 0 fully saturated rings. The Bertz CT molecular complexity index is 1430. The number of benzene rings is 2. The van der Waals surface area contributed by atoms with Crippen molar-refractivity contribution in [3.05, 3.63) is 111 Å². The minimum Gasteiger partial charge on any atom is -0.340 e. The van der Waals surface area contributed by atoms with Crippen molar-refractivity contribution in [1.29, 1.82) is 0 Å². The maximum absolute atomic E-state index is 6.60. The number of rotatable bonds is 5. The van der Waals surface area contributed by atoms with Crippen LogP contribution in [0.1, 0.15) is 33.4 Å². The van der Waals surface area contributed by atoms with Gasteiger partial charge in [0, 0.05) is 65.8 Å². The van der Waals surface area contributed by atoms with Crippen LogP contribution in [-0.4, -0.2) is 27.1 Å². The maximum Gasteiger partial charge on any atom is 0.155 e. The summed E-state index contributed by atoms with van der Waals surface area (Å²) < 4.78 is 0. The normalized spacial score (nSPS) is 14.9. The molecule has 0 unspecified atom stereocenters. The number of nitrogens with one attached hydrogen (secondary N) is 1. The highest BCUT2D eigenvalue weighted by Crippen LogP contribution is 2.33. The minimum atomic E-state index is 0.693. The molecule has 0 atom stereocenters. The van der Waals surface area contributed by atoms with Crippen molar-refractivity contribution in [3.63, 3.8) is 0 Å². The fourth-order valence-electron chi connectivity index (χ4n) is 4.95. The fraction of sp³-hybridized carbons (Fsp3) is 0.207. The van der Waals surface area contributed by atoms with Gasteiger partial charge in [0.2, 0.25) is 0 Å². The van der Waals surface area contributed by atoms with Crippen molar-refractivity contribution in [3.8, 4) is 0 Å². The van der Waals surface area contributed by atoms with Crippen molar-refractivity contribution in [2.75, 3.05) is 11.9 Å². The number of hydrogen-bond donors (Lipinski definition) is 1. The van der Waals surface area contributed by atoms with Gasteiger partial charge >= 0.3 is 0 Å². The van der Waals surface area contributed by atoms with E-state index in [0.717, 1.165) is 72.2 Å². The summed E-state index contributed by atoms with van der Waals surface area (Å²) in [4.78, 5) is 16.4. The molecule has 0 saturated carbocycles. The van der Waals surface area contributed by atoms with Gasteiger partial charge in [-0.3, -0.25) is 4.90 Å². The minimum absolute atomic E-state index is 0.693. The summed E-state index contributed by atoms with van der Waals surface area (Å²) in [5.74, 6) is 1.71. The van der Waals surface area contributed by atoms with E-state index in [1.165, 1.54) is 16.7 Å². The first-order valence-corrected chi connectivity index (χ1v) is 12.3. The van der Waals surface area contributed by atoms with E-state index >= 15 is 0 Å². The van der Waals surface area contributed by atoms with Gasteiger partial charge in [-0.2, -0.15) is 0 Å². The van der Waals surface area contributed by atoms with Crippen LogP contribution in [0.25, 0.3) is 0 Å². The van der Waals surface area contributed by atoms with Crippen LogP contribution >= 0.6 is 11.6 Å². The van der Waals surface area contributed by atoms with E-state index < -0.39 is 0 Å². The molecule has 0 bridgehead atoms. The zero-order chi connectivity index (χ0) is 23.8. The molecule has 2 aromatic heterocycles. The van der Waals surface area contributed by atoms with Crippen LogP contribution in [0.4, 0.5) is 17.3 Å². The molecule has 0 saturated heterocycles. The Balaban J connectivity index is 1.22. The summed E-state index contributed by atoms with van der Waals surface area (Å²) in [5.41, 5.74) is 9.10. The van der Waals surface area contributed by atoms with Gasteiger partial charge < -0.3 is 5.32 Å². The van der Waals surface area contributed by atoms with Crippen molar-refractivity contribution in [1.82, 2.24) is 14.9 Å². The molecule has 5 nitrogen and oxygen atoms in total. The number of nitrogens with zero attached hydrogens (tertiary/aromatic N) is 4. The molecular weight excluding hydrogens is 454 g/mol. The van der Waals surface area contributed by atoms with Gasteiger partial charge in [0.05, 0.1) is 5.71 Å². The molecule has 0 radical (unpaired) electrons. The molecule has 1 N–H and O–H groups in total. The number of hydrogen-bond acceptors (Lipinski definition) is 5. The van der Waals surface area contributed by atoms with E-state index in [1.54, 1.807) is 0 Å². The quantitative estimate of drug-likeness (QED) is 0.359. The predicted molar refractivity (Wildman–Crippen MR) is 142 cm³/mol.